The van der Waals surface area contributed by atoms with Crippen LogP contribution in [0.2, 0.25) is 0 Å². The summed E-state index contributed by atoms with van der Waals surface area (Å²) in [5, 5.41) is 0.931. The number of nitrogens with zero attached hydrogens (tertiary/aromatic N) is 1. The summed E-state index contributed by atoms with van der Waals surface area (Å²) >= 11 is 0. The number of nitrogens with two attached hydrogens (primary N) is 1. The molecular weight excluding hydrogens is 250 g/mol. The lowest BCUT2D eigenvalue weighted by molar-refractivity contribution is 0.818. The minimum absolute atomic E-state index is 0.0228. The summed E-state index contributed by atoms with van der Waals surface area (Å²) < 4.78 is 0. The molecular formula is C16H15N3O. The maximum atomic E-state index is 11.3. The zero-order valence-electron chi connectivity index (χ0n) is 11.1. The quantitative estimate of drug-likeness (QED) is 0.748. The highest BCUT2D eigenvalue weighted by Gasteiger charge is 2.06. The average Bonchev–Trinajstić information content (AvgIpc) is 2.46. The largest absolute Gasteiger partial charge is 0.324 e. The van der Waals surface area contributed by atoms with Crippen LogP contribution >= 0.6 is 0 Å². The van der Waals surface area contributed by atoms with Gasteiger partial charge in [-0.1, -0.05) is 24.3 Å². The molecule has 0 aliphatic carbocycles. The van der Waals surface area contributed by atoms with Crippen molar-refractivity contribution in [1.29, 1.82) is 0 Å². The average molecular weight is 265 g/mol. The molecule has 3 N–H and O–H groups in total. The van der Waals surface area contributed by atoms with Crippen LogP contribution in [0, 0.1) is 0 Å². The van der Waals surface area contributed by atoms with Gasteiger partial charge in [-0.25, -0.2) is 4.98 Å². The molecule has 3 rings (SSSR count). The van der Waals surface area contributed by atoms with Crippen molar-refractivity contribution in [2.45, 2.75) is 13.0 Å². The maximum Gasteiger partial charge on any atom is 0.249 e. The second-order valence-corrected chi connectivity index (χ2v) is 4.85. The standard InChI is InChI=1S/C16H15N3O/c1-10(17)11-2-4-12(5-3-11)13-8-9-18-16-14(13)6-7-15(20)19-16/h2-10H,17H2,1H3,(H,18,19,20). The van der Waals surface area contributed by atoms with E-state index in [0.717, 1.165) is 22.1 Å². The maximum absolute atomic E-state index is 11.3. The highest BCUT2D eigenvalue weighted by atomic mass is 16.1. The summed E-state index contributed by atoms with van der Waals surface area (Å²) in [5.41, 5.74) is 9.54. The summed E-state index contributed by atoms with van der Waals surface area (Å²) in [6.07, 6.45) is 1.70. The minimum atomic E-state index is -0.144. The normalized spacial score (nSPS) is 12.5. The van der Waals surface area contributed by atoms with E-state index in [1.165, 1.54) is 6.07 Å². The topological polar surface area (TPSA) is 71.8 Å². The molecule has 1 aromatic carbocycles. The molecule has 0 fully saturated rings. The Morgan fingerprint density at radius 2 is 1.85 bits per heavy atom. The van der Waals surface area contributed by atoms with E-state index in [0.29, 0.717) is 5.65 Å². The molecule has 1 unspecified atom stereocenters. The number of fused-ring (bicyclic) bond motifs is 1. The van der Waals surface area contributed by atoms with Crippen molar-refractivity contribution in [3.8, 4) is 11.1 Å². The molecule has 4 nitrogen and oxygen atoms in total. The molecule has 1 atom stereocenters. The van der Waals surface area contributed by atoms with E-state index < -0.39 is 0 Å². The molecule has 0 saturated heterocycles. The molecule has 0 aliphatic rings. The van der Waals surface area contributed by atoms with Crippen LogP contribution in [0.1, 0.15) is 18.5 Å². The highest BCUT2D eigenvalue weighted by molar-refractivity contribution is 5.92. The number of aromatic nitrogens is 2. The number of hydrogen-bond acceptors (Lipinski definition) is 3. The Morgan fingerprint density at radius 1 is 1.10 bits per heavy atom. The molecule has 3 aromatic rings. The molecule has 4 heteroatoms. The zero-order valence-corrected chi connectivity index (χ0v) is 11.1. The Balaban J connectivity index is 2.16. The fourth-order valence-corrected chi connectivity index (χ4v) is 2.28. The molecule has 2 heterocycles. The van der Waals surface area contributed by atoms with Gasteiger partial charge in [0.2, 0.25) is 5.56 Å². The Bertz CT molecular complexity index is 804. The number of aromatic amines is 1. The Kier molecular flexibility index (Phi) is 3.08. The fourth-order valence-electron chi connectivity index (χ4n) is 2.28. The molecule has 0 amide bonds. The third kappa shape index (κ3) is 2.21. The first-order valence-corrected chi connectivity index (χ1v) is 6.49. The summed E-state index contributed by atoms with van der Waals surface area (Å²) in [6.45, 7) is 1.96. The van der Waals surface area contributed by atoms with Crippen molar-refractivity contribution in [3.05, 3.63) is 64.6 Å². The third-order valence-electron chi connectivity index (χ3n) is 3.38. The van der Waals surface area contributed by atoms with Gasteiger partial charge < -0.3 is 10.7 Å². The molecule has 0 bridgehead atoms. The fraction of sp³-hybridized carbons (Fsp3) is 0.125. The molecule has 0 saturated carbocycles. The van der Waals surface area contributed by atoms with Crippen LogP contribution in [0.4, 0.5) is 0 Å². The first-order valence-electron chi connectivity index (χ1n) is 6.49. The van der Waals surface area contributed by atoms with E-state index in [1.54, 1.807) is 12.3 Å². The van der Waals surface area contributed by atoms with Crippen molar-refractivity contribution in [1.82, 2.24) is 9.97 Å². The van der Waals surface area contributed by atoms with Gasteiger partial charge in [0.05, 0.1) is 0 Å². The lowest BCUT2D eigenvalue weighted by Crippen LogP contribution is -2.05. The van der Waals surface area contributed by atoms with Gasteiger partial charge >= 0.3 is 0 Å². The van der Waals surface area contributed by atoms with E-state index in [4.69, 9.17) is 5.73 Å². The van der Waals surface area contributed by atoms with Gasteiger partial charge in [-0.05, 0) is 35.7 Å². The number of pyridine rings is 2. The van der Waals surface area contributed by atoms with Crippen LogP contribution < -0.4 is 11.3 Å². The summed E-state index contributed by atoms with van der Waals surface area (Å²) in [6, 6.07) is 13.4. The molecule has 100 valence electrons. The van der Waals surface area contributed by atoms with Crippen molar-refractivity contribution in [2.24, 2.45) is 5.73 Å². The Morgan fingerprint density at radius 3 is 2.55 bits per heavy atom. The van der Waals surface area contributed by atoms with Crippen LogP contribution in [0.15, 0.2) is 53.5 Å². The number of nitrogens with one attached hydrogen (secondary N) is 1. The van der Waals surface area contributed by atoms with E-state index in [1.807, 2.05) is 37.3 Å². The minimum Gasteiger partial charge on any atom is -0.324 e. The molecule has 20 heavy (non-hydrogen) atoms. The smallest absolute Gasteiger partial charge is 0.249 e. The Hall–Kier alpha value is -2.46. The number of benzene rings is 1. The molecule has 0 radical (unpaired) electrons. The van der Waals surface area contributed by atoms with Gasteiger partial charge in [0.15, 0.2) is 0 Å². The van der Waals surface area contributed by atoms with Crippen LogP contribution in [0.5, 0.6) is 0 Å². The SMILES string of the molecule is CC(N)c1ccc(-c2ccnc3[nH]c(=O)ccc23)cc1. The van der Waals surface area contributed by atoms with Crippen molar-refractivity contribution in [3.63, 3.8) is 0 Å². The number of hydrogen-bond donors (Lipinski definition) is 2. The first-order chi connectivity index (χ1) is 9.65. The predicted octanol–water partition coefficient (Wildman–Crippen LogP) is 2.61. The first kappa shape index (κ1) is 12.6. The second kappa shape index (κ2) is 4.90. The lowest BCUT2D eigenvalue weighted by atomic mass is 10.00. The Labute approximate surface area is 116 Å². The summed E-state index contributed by atoms with van der Waals surface area (Å²) in [4.78, 5) is 18.3. The van der Waals surface area contributed by atoms with Gasteiger partial charge in [0, 0.05) is 23.7 Å². The monoisotopic (exact) mass is 265 g/mol. The van der Waals surface area contributed by atoms with Crippen LogP contribution in [-0.4, -0.2) is 9.97 Å². The van der Waals surface area contributed by atoms with Gasteiger partial charge in [0.25, 0.3) is 0 Å². The van der Waals surface area contributed by atoms with Gasteiger partial charge in [-0.15, -0.1) is 0 Å². The van der Waals surface area contributed by atoms with Gasteiger partial charge in [0.1, 0.15) is 5.65 Å². The van der Waals surface area contributed by atoms with Gasteiger partial charge in [-0.2, -0.15) is 0 Å². The zero-order chi connectivity index (χ0) is 14.1. The molecule has 0 aliphatic heterocycles. The van der Waals surface area contributed by atoms with Crippen molar-refractivity contribution < 1.29 is 0 Å². The predicted molar refractivity (Wildman–Crippen MR) is 80.4 cm³/mol. The molecule has 0 spiro atoms. The van der Waals surface area contributed by atoms with Crippen LogP contribution in [0.3, 0.4) is 0 Å². The van der Waals surface area contributed by atoms with Crippen LogP contribution in [0.25, 0.3) is 22.2 Å². The summed E-state index contributed by atoms with van der Waals surface area (Å²) in [5.74, 6) is 0. The van der Waals surface area contributed by atoms with E-state index in [2.05, 4.69) is 9.97 Å². The van der Waals surface area contributed by atoms with E-state index in [9.17, 15) is 4.79 Å². The van der Waals surface area contributed by atoms with Gasteiger partial charge in [-0.3, -0.25) is 4.79 Å². The summed E-state index contributed by atoms with van der Waals surface area (Å²) in [7, 11) is 0. The number of rotatable bonds is 2. The highest BCUT2D eigenvalue weighted by Crippen LogP contribution is 2.26. The number of H-pyrrole nitrogens is 1. The molecule has 2 aromatic heterocycles. The second-order valence-electron chi connectivity index (χ2n) is 4.85. The van der Waals surface area contributed by atoms with Crippen LogP contribution in [-0.2, 0) is 0 Å². The van der Waals surface area contributed by atoms with E-state index >= 15 is 0 Å². The lowest BCUT2D eigenvalue weighted by Gasteiger charge is -2.09. The van der Waals surface area contributed by atoms with Crippen molar-refractivity contribution >= 4 is 11.0 Å². The third-order valence-corrected chi connectivity index (χ3v) is 3.38. The van der Waals surface area contributed by atoms with E-state index in [-0.39, 0.29) is 11.6 Å². The van der Waals surface area contributed by atoms with Crippen molar-refractivity contribution in [2.75, 3.05) is 0 Å².